The first-order valence-electron chi connectivity index (χ1n) is 11.7. The van der Waals surface area contributed by atoms with Crippen molar-refractivity contribution < 1.29 is 14.3 Å². The molecule has 0 saturated carbocycles. The molecule has 2 aromatic carbocycles. The monoisotopic (exact) mass is 435 g/mol. The molecule has 2 aliphatic heterocycles. The molecule has 4 rings (SSSR count). The Labute approximate surface area is 190 Å². The Morgan fingerprint density at radius 3 is 2.66 bits per heavy atom. The summed E-state index contributed by atoms with van der Waals surface area (Å²) in [5.74, 6) is 1.32. The molecule has 1 fully saturated rings. The minimum Gasteiger partial charge on any atom is -0.490 e. The standard InChI is InChI=1S/C26H33N3O3/c1-20-7-6-14-28(18-20)19-22-9-3-2-8-21(22)17-27-25(30)12-13-26(31)29-15-16-32-24-11-5-4-10-23(24)29/h2-5,8-11,20H,6-7,12-19H2,1H3,(H,27,30). The molecule has 1 atom stereocenters. The Hall–Kier alpha value is -2.86. The second kappa shape index (κ2) is 10.6. The van der Waals surface area contributed by atoms with Gasteiger partial charge >= 0.3 is 0 Å². The van der Waals surface area contributed by atoms with Crippen molar-refractivity contribution >= 4 is 17.5 Å². The number of carbonyl (C=O) groups excluding carboxylic acids is 2. The summed E-state index contributed by atoms with van der Waals surface area (Å²) in [4.78, 5) is 29.4. The van der Waals surface area contributed by atoms with E-state index in [2.05, 4.69) is 35.3 Å². The first-order valence-corrected chi connectivity index (χ1v) is 11.7. The fraction of sp³-hybridized carbons (Fsp3) is 0.462. The Morgan fingerprint density at radius 2 is 1.81 bits per heavy atom. The Balaban J connectivity index is 1.27. The van der Waals surface area contributed by atoms with Gasteiger partial charge in [0.25, 0.3) is 0 Å². The van der Waals surface area contributed by atoms with Crippen LogP contribution in [0.5, 0.6) is 5.75 Å². The number of ether oxygens (including phenoxy) is 1. The van der Waals surface area contributed by atoms with Crippen LogP contribution in [0.15, 0.2) is 48.5 Å². The zero-order valence-electron chi connectivity index (χ0n) is 18.9. The predicted octanol–water partition coefficient (Wildman–Crippen LogP) is 3.74. The third-order valence-corrected chi connectivity index (χ3v) is 6.32. The topological polar surface area (TPSA) is 61.9 Å². The summed E-state index contributed by atoms with van der Waals surface area (Å²) < 4.78 is 5.61. The van der Waals surface area contributed by atoms with Crippen molar-refractivity contribution in [1.82, 2.24) is 10.2 Å². The van der Waals surface area contributed by atoms with E-state index in [1.807, 2.05) is 30.3 Å². The van der Waals surface area contributed by atoms with Crippen molar-refractivity contribution in [3.05, 3.63) is 59.7 Å². The maximum atomic E-state index is 12.7. The van der Waals surface area contributed by atoms with Crippen molar-refractivity contribution in [2.75, 3.05) is 31.1 Å². The summed E-state index contributed by atoms with van der Waals surface area (Å²) in [6.45, 7) is 6.99. The number of nitrogens with one attached hydrogen (secondary N) is 1. The molecule has 0 aromatic heterocycles. The normalized spacial score (nSPS) is 18.5. The van der Waals surface area contributed by atoms with Crippen LogP contribution in [0, 0.1) is 5.92 Å². The molecule has 1 unspecified atom stereocenters. The lowest BCUT2D eigenvalue weighted by Crippen LogP contribution is -2.38. The SMILES string of the molecule is CC1CCCN(Cc2ccccc2CNC(=O)CCC(=O)N2CCOc3ccccc32)C1. The van der Waals surface area contributed by atoms with E-state index in [0.29, 0.717) is 19.7 Å². The summed E-state index contributed by atoms with van der Waals surface area (Å²) in [6.07, 6.45) is 2.93. The number of fused-ring (bicyclic) bond motifs is 1. The minimum absolute atomic E-state index is 0.0458. The highest BCUT2D eigenvalue weighted by Gasteiger charge is 2.23. The van der Waals surface area contributed by atoms with E-state index in [9.17, 15) is 9.59 Å². The number of rotatable bonds is 7. The number of para-hydroxylation sites is 2. The number of likely N-dealkylation sites (tertiary alicyclic amines) is 1. The number of carbonyl (C=O) groups is 2. The Morgan fingerprint density at radius 1 is 1.03 bits per heavy atom. The predicted molar refractivity (Wildman–Crippen MR) is 125 cm³/mol. The molecule has 0 spiro atoms. The molecule has 2 aliphatic rings. The van der Waals surface area contributed by atoms with Crippen molar-refractivity contribution in [2.24, 2.45) is 5.92 Å². The zero-order chi connectivity index (χ0) is 22.3. The molecule has 1 N–H and O–H groups in total. The van der Waals surface area contributed by atoms with Gasteiger partial charge in [-0.25, -0.2) is 0 Å². The molecule has 170 valence electrons. The molecular formula is C26H33N3O3. The van der Waals surface area contributed by atoms with Gasteiger partial charge in [-0.15, -0.1) is 0 Å². The first kappa shape index (κ1) is 22.3. The lowest BCUT2D eigenvalue weighted by molar-refractivity contribution is -0.125. The molecule has 6 heteroatoms. The Bertz CT molecular complexity index is 945. The van der Waals surface area contributed by atoms with E-state index in [-0.39, 0.29) is 24.7 Å². The Kier molecular flexibility index (Phi) is 7.43. The first-order chi connectivity index (χ1) is 15.6. The van der Waals surface area contributed by atoms with Gasteiger partial charge in [-0.1, -0.05) is 43.3 Å². The van der Waals surface area contributed by atoms with Crippen LogP contribution in [0.25, 0.3) is 0 Å². The maximum absolute atomic E-state index is 12.7. The van der Waals surface area contributed by atoms with E-state index in [4.69, 9.17) is 4.74 Å². The number of hydrogen-bond donors (Lipinski definition) is 1. The van der Waals surface area contributed by atoms with Crippen LogP contribution in [-0.2, 0) is 22.7 Å². The van der Waals surface area contributed by atoms with Gasteiger partial charge in [-0.3, -0.25) is 14.5 Å². The fourth-order valence-corrected chi connectivity index (χ4v) is 4.62. The molecule has 0 bridgehead atoms. The van der Waals surface area contributed by atoms with Gasteiger partial charge in [-0.2, -0.15) is 0 Å². The average molecular weight is 436 g/mol. The van der Waals surface area contributed by atoms with E-state index in [1.165, 1.54) is 18.4 Å². The average Bonchev–Trinajstić information content (AvgIpc) is 2.81. The second-order valence-corrected chi connectivity index (χ2v) is 8.89. The summed E-state index contributed by atoms with van der Waals surface area (Å²) in [5, 5.41) is 3.01. The lowest BCUT2D eigenvalue weighted by atomic mass is 9.99. The van der Waals surface area contributed by atoms with Gasteiger partial charge in [-0.05, 0) is 48.6 Å². The number of anilines is 1. The maximum Gasteiger partial charge on any atom is 0.227 e. The molecule has 2 aromatic rings. The van der Waals surface area contributed by atoms with Gasteiger partial charge in [0, 0.05) is 32.5 Å². The number of benzene rings is 2. The highest BCUT2D eigenvalue weighted by molar-refractivity contribution is 5.97. The number of amides is 2. The zero-order valence-corrected chi connectivity index (χ0v) is 18.9. The largest absolute Gasteiger partial charge is 0.490 e. The molecule has 1 saturated heterocycles. The summed E-state index contributed by atoms with van der Waals surface area (Å²) >= 11 is 0. The van der Waals surface area contributed by atoms with E-state index >= 15 is 0 Å². The van der Waals surface area contributed by atoms with Crippen LogP contribution in [0.2, 0.25) is 0 Å². The molecule has 0 aliphatic carbocycles. The van der Waals surface area contributed by atoms with Gasteiger partial charge in [0.2, 0.25) is 11.8 Å². The lowest BCUT2D eigenvalue weighted by Gasteiger charge is -2.31. The van der Waals surface area contributed by atoms with E-state index < -0.39 is 0 Å². The van der Waals surface area contributed by atoms with Crippen LogP contribution in [0.1, 0.15) is 43.7 Å². The number of hydrogen-bond acceptors (Lipinski definition) is 4. The van der Waals surface area contributed by atoms with Gasteiger partial charge in [0.05, 0.1) is 12.2 Å². The second-order valence-electron chi connectivity index (χ2n) is 8.89. The summed E-state index contributed by atoms with van der Waals surface area (Å²) in [5.41, 5.74) is 3.19. The van der Waals surface area contributed by atoms with E-state index in [1.54, 1.807) is 4.90 Å². The number of nitrogens with zero attached hydrogens (tertiary/aromatic N) is 2. The summed E-state index contributed by atoms with van der Waals surface area (Å²) in [6, 6.07) is 15.8. The summed E-state index contributed by atoms with van der Waals surface area (Å²) in [7, 11) is 0. The van der Waals surface area contributed by atoms with Crippen molar-refractivity contribution in [2.45, 2.75) is 45.7 Å². The smallest absolute Gasteiger partial charge is 0.227 e. The molecule has 32 heavy (non-hydrogen) atoms. The highest BCUT2D eigenvalue weighted by Crippen LogP contribution is 2.31. The minimum atomic E-state index is -0.0960. The molecular weight excluding hydrogens is 402 g/mol. The van der Waals surface area contributed by atoms with Crippen LogP contribution in [0.4, 0.5) is 5.69 Å². The third-order valence-electron chi connectivity index (χ3n) is 6.32. The fourth-order valence-electron chi connectivity index (χ4n) is 4.62. The van der Waals surface area contributed by atoms with Crippen LogP contribution in [-0.4, -0.2) is 43.0 Å². The molecule has 2 amide bonds. The highest BCUT2D eigenvalue weighted by atomic mass is 16.5. The van der Waals surface area contributed by atoms with Gasteiger partial charge < -0.3 is 15.0 Å². The van der Waals surface area contributed by atoms with Crippen LogP contribution < -0.4 is 15.0 Å². The van der Waals surface area contributed by atoms with Crippen LogP contribution >= 0.6 is 0 Å². The third kappa shape index (κ3) is 5.68. The quantitative estimate of drug-likeness (QED) is 0.720. The van der Waals surface area contributed by atoms with Gasteiger partial charge in [0.15, 0.2) is 0 Å². The molecule has 6 nitrogen and oxygen atoms in total. The van der Waals surface area contributed by atoms with Gasteiger partial charge in [0.1, 0.15) is 12.4 Å². The van der Waals surface area contributed by atoms with Crippen LogP contribution in [0.3, 0.4) is 0 Å². The van der Waals surface area contributed by atoms with Crippen molar-refractivity contribution in [3.8, 4) is 5.75 Å². The van der Waals surface area contributed by atoms with Crippen molar-refractivity contribution in [3.63, 3.8) is 0 Å². The molecule has 2 heterocycles. The van der Waals surface area contributed by atoms with E-state index in [0.717, 1.165) is 42.6 Å². The molecule has 0 radical (unpaired) electrons. The van der Waals surface area contributed by atoms with Crippen molar-refractivity contribution in [1.29, 1.82) is 0 Å². The number of piperidine rings is 1.